The van der Waals surface area contributed by atoms with Crippen molar-refractivity contribution in [3.05, 3.63) is 11.5 Å². The van der Waals surface area contributed by atoms with E-state index in [1.54, 1.807) is 7.11 Å². The Balaban J connectivity index is 2.46. The maximum Gasteiger partial charge on any atom is 0.157 e. The highest BCUT2D eigenvalue weighted by molar-refractivity contribution is 6.32. The van der Waals surface area contributed by atoms with Crippen molar-refractivity contribution < 1.29 is 4.74 Å². The summed E-state index contributed by atoms with van der Waals surface area (Å²) in [5.41, 5.74) is 6.03. The van der Waals surface area contributed by atoms with Crippen molar-refractivity contribution in [1.82, 2.24) is 9.97 Å². The van der Waals surface area contributed by atoms with Crippen LogP contribution in [0.15, 0.2) is 6.33 Å². The summed E-state index contributed by atoms with van der Waals surface area (Å²) in [5.74, 6) is 0.570. The van der Waals surface area contributed by atoms with Gasteiger partial charge >= 0.3 is 0 Å². The topological polar surface area (TPSA) is 73.1 Å². The molecule has 78 valence electrons. The Hall–Kier alpha value is -1.07. The number of anilines is 2. The van der Waals surface area contributed by atoms with E-state index in [0.717, 1.165) is 13.0 Å². The molecule has 0 amide bonds. The van der Waals surface area contributed by atoms with Gasteiger partial charge in [0.15, 0.2) is 11.0 Å². The van der Waals surface area contributed by atoms with E-state index in [9.17, 15) is 0 Å². The average Bonchev–Trinajstić information content (AvgIpc) is 2.19. The Kier molecular flexibility index (Phi) is 4.42. The van der Waals surface area contributed by atoms with E-state index in [0.29, 0.717) is 18.1 Å². The van der Waals surface area contributed by atoms with Gasteiger partial charge in [-0.15, -0.1) is 0 Å². The van der Waals surface area contributed by atoms with E-state index in [2.05, 4.69) is 15.3 Å². The number of nitrogens with two attached hydrogens (primary N) is 1. The number of halogens is 1. The summed E-state index contributed by atoms with van der Waals surface area (Å²) in [6.07, 6.45) is 2.26. The molecule has 0 unspecified atom stereocenters. The van der Waals surface area contributed by atoms with Gasteiger partial charge in [0.2, 0.25) is 0 Å². The van der Waals surface area contributed by atoms with Crippen LogP contribution < -0.4 is 11.1 Å². The molecule has 1 aromatic heterocycles. The lowest BCUT2D eigenvalue weighted by Gasteiger charge is -2.07. The maximum absolute atomic E-state index is 5.71. The molecule has 0 radical (unpaired) electrons. The van der Waals surface area contributed by atoms with Gasteiger partial charge in [0, 0.05) is 20.3 Å². The third-order valence-electron chi connectivity index (χ3n) is 1.65. The van der Waals surface area contributed by atoms with E-state index >= 15 is 0 Å². The molecule has 0 aromatic carbocycles. The van der Waals surface area contributed by atoms with Crippen LogP contribution in [0.25, 0.3) is 0 Å². The van der Waals surface area contributed by atoms with E-state index in [4.69, 9.17) is 22.1 Å². The predicted octanol–water partition coefficient (Wildman–Crippen LogP) is 1.16. The molecule has 1 aromatic rings. The second kappa shape index (κ2) is 5.62. The number of nitrogens with one attached hydrogen (secondary N) is 1. The van der Waals surface area contributed by atoms with Gasteiger partial charge in [-0.05, 0) is 6.42 Å². The molecule has 5 nitrogen and oxygen atoms in total. The van der Waals surface area contributed by atoms with Gasteiger partial charge in [0.1, 0.15) is 12.0 Å². The zero-order valence-corrected chi connectivity index (χ0v) is 8.71. The van der Waals surface area contributed by atoms with Crippen LogP contribution in [-0.2, 0) is 4.74 Å². The molecule has 0 aliphatic heterocycles. The van der Waals surface area contributed by atoms with Crippen LogP contribution in [0.5, 0.6) is 0 Å². The number of hydrogen-bond donors (Lipinski definition) is 2. The van der Waals surface area contributed by atoms with Gasteiger partial charge in [-0.2, -0.15) is 0 Å². The van der Waals surface area contributed by atoms with E-state index in [1.165, 1.54) is 6.33 Å². The standard InChI is InChI=1S/C8H13ClN4O/c1-14-4-2-3-11-8-6(10)7(9)12-5-13-8/h5H,2-4,10H2,1H3,(H,11,12,13). The number of rotatable bonds is 5. The van der Waals surface area contributed by atoms with Gasteiger partial charge in [-0.3, -0.25) is 0 Å². The van der Waals surface area contributed by atoms with Gasteiger partial charge in [0.05, 0.1) is 0 Å². The lowest BCUT2D eigenvalue weighted by Crippen LogP contribution is -2.08. The summed E-state index contributed by atoms with van der Waals surface area (Å²) in [7, 11) is 1.66. The Morgan fingerprint density at radius 2 is 2.36 bits per heavy atom. The zero-order chi connectivity index (χ0) is 10.4. The molecule has 0 saturated heterocycles. The summed E-state index contributed by atoms with van der Waals surface area (Å²) in [6, 6.07) is 0. The second-order valence-corrected chi connectivity index (χ2v) is 3.06. The van der Waals surface area contributed by atoms with E-state index in [-0.39, 0.29) is 5.15 Å². The van der Waals surface area contributed by atoms with Crippen molar-refractivity contribution in [1.29, 1.82) is 0 Å². The first-order valence-electron chi connectivity index (χ1n) is 4.24. The Morgan fingerprint density at radius 3 is 3.07 bits per heavy atom. The predicted molar refractivity (Wildman–Crippen MR) is 56.4 cm³/mol. The lowest BCUT2D eigenvalue weighted by atomic mass is 10.4. The number of ether oxygens (including phenoxy) is 1. The van der Waals surface area contributed by atoms with E-state index < -0.39 is 0 Å². The number of methoxy groups -OCH3 is 1. The van der Waals surface area contributed by atoms with Crippen LogP contribution in [0.2, 0.25) is 5.15 Å². The molecule has 0 aliphatic carbocycles. The summed E-state index contributed by atoms with van der Waals surface area (Å²) in [4.78, 5) is 7.71. The minimum atomic E-state index is 0.272. The van der Waals surface area contributed by atoms with Crippen molar-refractivity contribution >= 4 is 23.1 Å². The first-order valence-corrected chi connectivity index (χ1v) is 4.62. The monoisotopic (exact) mass is 216 g/mol. The largest absolute Gasteiger partial charge is 0.393 e. The molecule has 0 fully saturated rings. The molecule has 3 N–H and O–H groups in total. The van der Waals surface area contributed by atoms with Gasteiger partial charge in [-0.1, -0.05) is 11.6 Å². The van der Waals surface area contributed by atoms with Gasteiger partial charge in [-0.25, -0.2) is 9.97 Å². The van der Waals surface area contributed by atoms with Crippen LogP contribution in [-0.4, -0.2) is 30.2 Å². The average molecular weight is 217 g/mol. The maximum atomic E-state index is 5.71. The molecule has 0 atom stereocenters. The van der Waals surface area contributed by atoms with Crippen molar-refractivity contribution in [3.63, 3.8) is 0 Å². The first-order chi connectivity index (χ1) is 6.75. The van der Waals surface area contributed by atoms with Crippen molar-refractivity contribution in [2.24, 2.45) is 0 Å². The quantitative estimate of drug-likeness (QED) is 0.571. The number of hydrogen-bond acceptors (Lipinski definition) is 5. The number of nitrogens with zero attached hydrogens (tertiary/aromatic N) is 2. The molecular formula is C8H13ClN4O. The van der Waals surface area contributed by atoms with E-state index in [1.807, 2.05) is 0 Å². The molecule has 1 heterocycles. The van der Waals surface area contributed by atoms with Gasteiger partial charge < -0.3 is 15.8 Å². The molecular weight excluding hydrogens is 204 g/mol. The Morgan fingerprint density at radius 1 is 1.57 bits per heavy atom. The first kappa shape index (κ1) is 11.0. The van der Waals surface area contributed by atoms with Crippen molar-refractivity contribution in [3.8, 4) is 0 Å². The fourth-order valence-corrected chi connectivity index (χ4v) is 1.07. The third-order valence-corrected chi connectivity index (χ3v) is 1.95. The van der Waals surface area contributed by atoms with Crippen LogP contribution in [0.1, 0.15) is 6.42 Å². The number of nitrogen functional groups attached to an aromatic ring is 1. The second-order valence-electron chi connectivity index (χ2n) is 2.70. The van der Waals surface area contributed by atoms with Crippen LogP contribution in [0.3, 0.4) is 0 Å². The molecule has 1 rings (SSSR count). The van der Waals surface area contributed by atoms with Crippen LogP contribution in [0, 0.1) is 0 Å². The minimum absolute atomic E-state index is 0.272. The fourth-order valence-electron chi connectivity index (χ4n) is 0.938. The third kappa shape index (κ3) is 3.01. The molecule has 0 aliphatic rings. The summed E-state index contributed by atoms with van der Waals surface area (Å²) in [6.45, 7) is 1.44. The SMILES string of the molecule is COCCCNc1ncnc(Cl)c1N. The molecule has 0 saturated carbocycles. The van der Waals surface area contributed by atoms with Crippen molar-refractivity contribution in [2.75, 3.05) is 31.3 Å². The highest BCUT2D eigenvalue weighted by Crippen LogP contribution is 2.21. The van der Waals surface area contributed by atoms with Crippen LogP contribution in [0.4, 0.5) is 11.5 Å². The Labute approximate surface area is 87.6 Å². The number of aromatic nitrogens is 2. The van der Waals surface area contributed by atoms with Crippen LogP contribution >= 0.6 is 11.6 Å². The van der Waals surface area contributed by atoms with Crippen molar-refractivity contribution in [2.45, 2.75) is 6.42 Å². The molecule has 14 heavy (non-hydrogen) atoms. The highest BCUT2D eigenvalue weighted by Gasteiger charge is 2.04. The highest BCUT2D eigenvalue weighted by atomic mass is 35.5. The Bertz CT molecular complexity index is 295. The summed E-state index contributed by atoms with van der Waals surface area (Å²) < 4.78 is 4.90. The smallest absolute Gasteiger partial charge is 0.157 e. The minimum Gasteiger partial charge on any atom is -0.393 e. The van der Waals surface area contributed by atoms with Gasteiger partial charge in [0.25, 0.3) is 0 Å². The fraction of sp³-hybridized carbons (Fsp3) is 0.500. The summed E-state index contributed by atoms with van der Waals surface area (Å²) >= 11 is 5.71. The molecule has 0 spiro atoms. The zero-order valence-electron chi connectivity index (χ0n) is 7.96. The summed E-state index contributed by atoms with van der Waals surface area (Å²) in [5, 5.41) is 3.32. The normalized spacial score (nSPS) is 10.1. The molecule has 0 bridgehead atoms. The lowest BCUT2D eigenvalue weighted by molar-refractivity contribution is 0.198. The molecule has 6 heteroatoms.